The van der Waals surface area contributed by atoms with Crippen molar-refractivity contribution >= 4 is 17.7 Å². The molecule has 0 aliphatic carbocycles. The minimum Gasteiger partial charge on any atom is -0.468 e. The maximum Gasteiger partial charge on any atom is 0.324 e. The van der Waals surface area contributed by atoms with E-state index in [1.807, 2.05) is 6.08 Å². The highest BCUT2D eigenvalue weighted by Gasteiger charge is 2.43. The number of carbonyl (C=O) groups excluding carboxylic acids is 1. The summed E-state index contributed by atoms with van der Waals surface area (Å²) >= 11 is 5.98. The summed E-state index contributed by atoms with van der Waals surface area (Å²) in [5.41, 5.74) is 0. The summed E-state index contributed by atoms with van der Waals surface area (Å²) in [6, 6.07) is -0.324. The van der Waals surface area contributed by atoms with E-state index in [9.17, 15) is 4.79 Å². The molecule has 4 heteroatoms. The molecule has 3 nitrogen and oxygen atoms in total. The molecule has 80 valence electrons. The number of ether oxygens (including phenoxy) is 1. The van der Waals surface area contributed by atoms with E-state index in [0.29, 0.717) is 5.92 Å². The Balaban J connectivity index is 2.77. The van der Waals surface area contributed by atoms with Gasteiger partial charge in [0.2, 0.25) is 0 Å². The van der Waals surface area contributed by atoms with Crippen LogP contribution in [0.25, 0.3) is 0 Å². The quantitative estimate of drug-likeness (QED) is 0.410. The summed E-state index contributed by atoms with van der Waals surface area (Å²) in [4.78, 5) is 11.5. The Kier molecular flexibility index (Phi) is 3.96. The Morgan fingerprint density at radius 3 is 2.93 bits per heavy atom. The highest BCUT2D eigenvalue weighted by molar-refractivity contribution is 6.15. The monoisotopic (exact) mass is 217 g/mol. The fourth-order valence-electron chi connectivity index (χ4n) is 2.01. The van der Waals surface area contributed by atoms with Crippen molar-refractivity contribution < 1.29 is 9.53 Å². The van der Waals surface area contributed by atoms with Crippen molar-refractivity contribution in [3.63, 3.8) is 0 Å². The lowest BCUT2D eigenvalue weighted by Gasteiger charge is -2.20. The van der Waals surface area contributed by atoms with Gasteiger partial charge in [-0.25, -0.2) is 4.42 Å². The number of halogens is 1. The molecule has 0 bridgehead atoms. The highest BCUT2D eigenvalue weighted by atomic mass is 35.5. The van der Waals surface area contributed by atoms with E-state index in [1.165, 1.54) is 7.11 Å². The molecule has 1 unspecified atom stereocenters. The SMILES string of the molecule is C=CC[C@@H]1C(C)CN(Cl)[C@@H]1C(=O)OC. The van der Waals surface area contributed by atoms with Crippen molar-refractivity contribution in [2.75, 3.05) is 13.7 Å². The molecule has 0 aromatic rings. The molecular formula is C10H16ClNO2. The number of hydrogen-bond donors (Lipinski definition) is 0. The van der Waals surface area contributed by atoms with Crippen LogP contribution in [0, 0.1) is 11.8 Å². The summed E-state index contributed by atoms with van der Waals surface area (Å²) in [5, 5.41) is 0. The van der Waals surface area contributed by atoms with Gasteiger partial charge in [0.25, 0.3) is 0 Å². The van der Waals surface area contributed by atoms with Gasteiger partial charge in [-0.05, 0) is 30.0 Å². The topological polar surface area (TPSA) is 29.5 Å². The van der Waals surface area contributed by atoms with Crippen molar-refractivity contribution in [2.24, 2.45) is 11.8 Å². The van der Waals surface area contributed by atoms with Crippen LogP contribution >= 0.6 is 11.8 Å². The van der Waals surface area contributed by atoms with Crippen LogP contribution < -0.4 is 0 Å². The van der Waals surface area contributed by atoms with E-state index >= 15 is 0 Å². The molecule has 0 saturated carbocycles. The first kappa shape index (κ1) is 11.5. The van der Waals surface area contributed by atoms with Gasteiger partial charge in [-0.1, -0.05) is 13.0 Å². The van der Waals surface area contributed by atoms with E-state index in [-0.39, 0.29) is 17.9 Å². The van der Waals surface area contributed by atoms with Gasteiger partial charge >= 0.3 is 5.97 Å². The predicted molar refractivity (Wildman–Crippen MR) is 55.8 cm³/mol. The molecule has 3 atom stereocenters. The Bertz CT molecular complexity index is 232. The molecule has 14 heavy (non-hydrogen) atoms. The number of hydrogen-bond acceptors (Lipinski definition) is 3. The second kappa shape index (κ2) is 4.80. The van der Waals surface area contributed by atoms with E-state index in [1.54, 1.807) is 4.42 Å². The van der Waals surface area contributed by atoms with Crippen molar-refractivity contribution in [1.82, 2.24) is 4.42 Å². The van der Waals surface area contributed by atoms with Crippen molar-refractivity contribution in [3.8, 4) is 0 Å². The van der Waals surface area contributed by atoms with Crippen molar-refractivity contribution in [2.45, 2.75) is 19.4 Å². The lowest BCUT2D eigenvalue weighted by Crippen LogP contribution is -2.35. The third kappa shape index (κ3) is 2.10. The summed E-state index contributed by atoms with van der Waals surface area (Å²) in [6.07, 6.45) is 2.62. The number of allylic oxidation sites excluding steroid dienone is 1. The largest absolute Gasteiger partial charge is 0.468 e. The van der Waals surface area contributed by atoms with Gasteiger partial charge in [-0.15, -0.1) is 6.58 Å². The van der Waals surface area contributed by atoms with Crippen LogP contribution in [0.15, 0.2) is 12.7 Å². The van der Waals surface area contributed by atoms with Gasteiger partial charge in [0.1, 0.15) is 6.04 Å². The first-order chi connectivity index (χ1) is 6.61. The zero-order valence-corrected chi connectivity index (χ0v) is 9.33. The van der Waals surface area contributed by atoms with Crippen LogP contribution in [0.2, 0.25) is 0 Å². The zero-order valence-electron chi connectivity index (χ0n) is 8.57. The van der Waals surface area contributed by atoms with Crippen LogP contribution in [-0.4, -0.2) is 30.1 Å². The van der Waals surface area contributed by atoms with Crippen LogP contribution in [0.1, 0.15) is 13.3 Å². The Morgan fingerprint density at radius 2 is 2.43 bits per heavy atom. The molecule has 0 aromatic heterocycles. The minimum atomic E-state index is -0.324. The van der Waals surface area contributed by atoms with E-state index in [4.69, 9.17) is 16.5 Å². The molecule has 1 rings (SSSR count). The van der Waals surface area contributed by atoms with Crippen molar-refractivity contribution in [1.29, 1.82) is 0 Å². The predicted octanol–water partition coefficient (Wildman–Crippen LogP) is 1.83. The van der Waals surface area contributed by atoms with E-state index < -0.39 is 0 Å². The summed E-state index contributed by atoms with van der Waals surface area (Å²) < 4.78 is 6.28. The highest BCUT2D eigenvalue weighted by Crippen LogP contribution is 2.34. The van der Waals surface area contributed by atoms with Gasteiger partial charge in [-0.2, -0.15) is 0 Å². The van der Waals surface area contributed by atoms with Gasteiger partial charge in [0.05, 0.1) is 7.11 Å². The molecule has 0 amide bonds. The smallest absolute Gasteiger partial charge is 0.324 e. The standard InChI is InChI=1S/C10H16ClNO2/c1-4-5-8-7(2)6-12(11)9(8)10(13)14-3/h4,7-9H,1,5-6H2,2-3H3/t7?,8-,9+/m1/s1. The summed E-state index contributed by atoms with van der Waals surface area (Å²) in [5.74, 6) is 0.364. The number of carbonyl (C=O) groups is 1. The number of methoxy groups -OCH3 is 1. The Hall–Kier alpha value is -0.540. The molecule has 1 heterocycles. The second-order valence-corrected chi connectivity index (χ2v) is 4.15. The first-order valence-corrected chi connectivity index (χ1v) is 5.06. The normalized spacial score (nSPS) is 32.9. The van der Waals surface area contributed by atoms with Crippen LogP contribution in [0.4, 0.5) is 0 Å². The van der Waals surface area contributed by atoms with Gasteiger partial charge < -0.3 is 4.74 Å². The average Bonchev–Trinajstić information content (AvgIpc) is 2.42. The molecule has 1 aliphatic heterocycles. The van der Waals surface area contributed by atoms with Gasteiger partial charge in [-0.3, -0.25) is 4.79 Å². The third-order valence-corrected chi connectivity index (χ3v) is 3.13. The Labute approximate surface area is 89.8 Å². The van der Waals surface area contributed by atoms with Crippen LogP contribution in [0.3, 0.4) is 0 Å². The van der Waals surface area contributed by atoms with E-state index in [0.717, 1.165) is 13.0 Å². The second-order valence-electron chi connectivity index (χ2n) is 3.72. The zero-order chi connectivity index (χ0) is 10.7. The first-order valence-electron chi connectivity index (χ1n) is 4.73. The summed E-state index contributed by atoms with van der Waals surface area (Å²) in [6.45, 7) is 6.50. The fraction of sp³-hybridized carbons (Fsp3) is 0.700. The number of esters is 1. The maximum absolute atomic E-state index is 11.5. The lowest BCUT2D eigenvalue weighted by molar-refractivity contribution is -0.145. The van der Waals surface area contributed by atoms with Crippen LogP contribution in [-0.2, 0) is 9.53 Å². The molecule has 0 spiro atoms. The lowest BCUT2D eigenvalue weighted by atomic mass is 9.89. The van der Waals surface area contributed by atoms with Gasteiger partial charge in [0.15, 0.2) is 0 Å². The molecular weight excluding hydrogens is 202 g/mol. The number of nitrogens with zero attached hydrogens (tertiary/aromatic N) is 1. The van der Waals surface area contributed by atoms with E-state index in [2.05, 4.69) is 13.5 Å². The molecule has 1 fully saturated rings. The number of rotatable bonds is 3. The maximum atomic E-state index is 11.5. The third-order valence-electron chi connectivity index (χ3n) is 2.78. The molecule has 0 N–H and O–H groups in total. The molecule has 0 radical (unpaired) electrons. The molecule has 1 aliphatic rings. The van der Waals surface area contributed by atoms with Crippen LogP contribution in [0.5, 0.6) is 0 Å². The fourth-order valence-corrected chi connectivity index (χ4v) is 2.45. The minimum absolute atomic E-state index is 0.220. The molecule has 1 saturated heterocycles. The summed E-state index contributed by atoms with van der Waals surface area (Å²) in [7, 11) is 1.39. The average molecular weight is 218 g/mol. The van der Waals surface area contributed by atoms with Crippen molar-refractivity contribution in [3.05, 3.63) is 12.7 Å². The Morgan fingerprint density at radius 1 is 1.79 bits per heavy atom. The van der Waals surface area contributed by atoms with Gasteiger partial charge in [0, 0.05) is 6.54 Å². The molecule has 0 aromatic carbocycles.